The molecule has 26 heavy (non-hydrogen) atoms. The number of pyridine rings is 1. The lowest BCUT2D eigenvalue weighted by Crippen LogP contribution is -2.50. The maximum absolute atomic E-state index is 12.8. The Balaban J connectivity index is 1.52. The highest BCUT2D eigenvalue weighted by Gasteiger charge is 2.22. The number of aryl methyl sites for hydroxylation is 1. The van der Waals surface area contributed by atoms with Gasteiger partial charge in [0.05, 0.1) is 12.2 Å². The van der Waals surface area contributed by atoms with E-state index in [4.69, 9.17) is 0 Å². The number of likely N-dealkylation sites (N-methyl/N-ethyl adjacent to an activating group) is 1. The molecule has 2 aromatic rings. The summed E-state index contributed by atoms with van der Waals surface area (Å²) in [5.41, 5.74) is 3.27. The molecule has 138 valence electrons. The van der Waals surface area contributed by atoms with E-state index in [0.717, 1.165) is 49.7 Å². The van der Waals surface area contributed by atoms with Crippen LogP contribution in [0.1, 0.15) is 18.2 Å². The summed E-state index contributed by atoms with van der Waals surface area (Å²) in [7, 11) is 0. The molecule has 5 nitrogen and oxygen atoms in total. The fourth-order valence-electron chi connectivity index (χ4n) is 3.45. The van der Waals surface area contributed by atoms with E-state index in [-0.39, 0.29) is 5.91 Å². The molecule has 1 fully saturated rings. The second kappa shape index (κ2) is 8.92. The SMILES string of the molecule is CCN(C(=O)CN1CCN(Cc2ccccn2)CC1)c1ccccc1C. The van der Waals surface area contributed by atoms with Crippen LogP contribution in [-0.4, -0.2) is 60.0 Å². The van der Waals surface area contributed by atoms with Gasteiger partial charge in [-0.05, 0) is 37.6 Å². The Kier molecular flexibility index (Phi) is 6.36. The molecular weight excluding hydrogens is 324 g/mol. The Morgan fingerprint density at radius 3 is 2.38 bits per heavy atom. The van der Waals surface area contributed by atoms with E-state index in [0.29, 0.717) is 13.1 Å². The molecule has 1 aliphatic rings. The maximum atomic E-state index is 12.8. The van der Waals surface area contributed by atoms with Crippen LogP contribution in [0.2, 0.25) is 0 Å². The Labute approximate surface area is 156 Å². The van der Waals surface area contributed by atoms with E-state index >= 15 is 0 Å². The molecule has 0 aliphatic carbocycles. The third-order valence-corrected chi connectivity index (χ3v) is 4.96. The molecule has 1 aromatic heterocycles. The third-order valence-electron chi connectivity index (χ3n) is 4.96. The van der Waals surface area contributed by atoms with Gasteiger partial charge in [0.2, 0.25) is 5.91 Å². The first-order valence-corrected chi connectivity index (χ1v) is 9.38. The lowest BCUT2D eigenvalue weighted by atomic mass is 10.1. The summed E-state index contributed by atoms with van der Waals surface area (Å²) in [5.74, 6) is 0.181. The van der Waals surface area contributed by atoms with E-state index in [1.165, 1.54) is 0 Å². The van der Waals surface area contributed by atoms with Crippen LogP contribution < -0.4 is 4.90 Å². The van der Waals surface area contributed by atoms with Crippen molar-refractivity contribution in [2.75, 3.05) is 44.2 Å². The van der Waals surface area contributed by atoms with Crippen molar-refractivity contribution in [2.24, 2.45) is 0 Å². The minimum absolute atomic E-state index is 0.181. The number of hydrogen-bond donors (Lipinski definition) is 0. The summed E-state index contributed by atoms with van der Waals surface area (Å²) in [6.45, 7) is 9.95. The van der Waals surface area contributed by atoms with E-state index in [9.17, 15) is 4.79 Å². The van der Waals surface area contributed by atoms with Crippen LogP contribution in [0.5, 0.6) is 0 Å². The van der Waals surface area contributed by atoms with Gasteiger partial charge >= 0.3 is 0 Å². The van der Waals surface area contributed by atoms with Gasteiger partial charge in [0.25, 0.3) is 0 Å². The minimum atomic E-state index is 0.181. The van der Waals surface area contributed by atoms with Crippen molar-refractivity contribution in [3.8, 4) is 0 Å². The minimum Gasteiger partial charge on any atom is -0.311 e. The molecule has 1 amide bonds. The molecule has 2 heterocycles. The number of aromatic nitrogens is 1. The zero-order valence-corrected chi connectivity index (χ0v) is 15.8. The summed E-state index contributed by atoms with van der Waals surface area (Å²) in [4.78, 5) is 23.8. The summed E-state index contributed by atoms with van der Waals surface area (Å²) in [5, 5.41) is 0. The van der Waals surface area contributed by atoms with Gasteiger partial charge in [0.1, 0.15) is 0 Å². The molecule has 0 N–H and O–H groups in total. The van der Waals surface area contributed by atoms with Crippen LogP contribution in [0.15, 0.2) is 48.7 Å². The zero-order valence-electron chi connectivity index (χ0n) is 15.8. The molecule has 1 aromatic carbocycles. The quantitative estimate of drug-likeness (QED) is 0.801. The number of rotatable bonds is 6. The lowest BCUT2D eigenvalue weighted by Gasteiger charge is -2.35. The largest absolute Gasteiger partial charge is 0.311 e. The van der Waals surface area contributed by atoms with Gasteiger partial charge < -0.3 is 4.90 Å². The molecule has 0 radical (unpaired) electrons. The number of benzene rings is 1. The number of amides is 1. The molecule has 1 aliphatic heterocycles. The standard InChI is InChI=1S/C21H28N4O/c1-3-25(20-10-5-4-8-18(20)2)21(26)17-24-14-12-23(13-15-24)16-19-9-6-7-11-22-19/h4-11H,3,12-17H2,1-2H3. The summed E-state index contributed by atoms with van der Waals surface area (Å²) in [6, 6.07) is 14.1. The van der Waals surface area contributed by atoms with Crippen molar-refractivity contribution < 1.29 is 4.79 Å². The maximum Gasteiger partial charge on any atom is 0.241 e. The predicted octanol–water partition coefficient (Wildman–Crippen LogP) is 2.56. The molecular formula is C21H28N4O. The van der Waals surface area contributed by atoms with Crippen molar-refractivity contribution in [2.45, 2.75) is 20.4 Å². The number of para-hydroxylation sites is 1. The molecule has 0 unspecified atom stereocenters. The molecule has 5 heteroatoms. The van der Waals surface area contributed by atoms with Crippen molar-refractivity contribution in [3.63, 3.8) is 0 Å². The van der Waals surface area contributed by atoms with Crippen LogP contribution in [0, 0.1) is 6.92 Å². The van der Waals surface area contributed by atoms with Crippen LogP contribution in [0.3, 0.4) is 0 Å². The first-order chi connectivity index (χ1) is 12.7. The number of piperazine rings is 1. The van der Waals surface area contributed by atoms with Gasteiger partial charge in [-0.25, -0.2) is 0 Å². The van der Waals surface area contributed by atoms with Crippen LogP contribution in [0.25, 0.3) is 0 Å². The van der Waals surface area contributed by atoms with Crippen molar-refractivity contribution in [1.82, 2.24) is 14.8 Å². The van der Waals surface area contributed by atoms with Gasteiger partial charge in [0.15, 0.2) is 0 Å². The Morgan fingerprint density at radius 1 is 1.04 bits per heavy atom. The highest BCUT2D eigenvalue weighted by Crippen LogP contribution is 2.19. The van der Waals surface area contributed by atoms with Gasteiger partial charge in [-0.2, -0.15) is 0 Å². The average molecular weight is 352 g/mol. The Bertz CT molecular complexity index is 711. The zero-order chi connectivity index (χ0) is 18.4. The number of nitrogens with zero attached hydrogens (tertiary/aromatic N) is 4. The summed E-state index contributed by atoms with van der Waals surface area (Å²) in [6.07, 6.45) is 1.84. The number of carbonyl (C=O) groups excluding carboxylic acids is 1. The number of anilines is 1. The highest BCUT2D eigenvalue weighted by molar-refractivity contribution is 5.95. The second-order valence-corrected chi connectivity index (χ2v) is 6.80. The lowest BCUT2D eigenvalue weighted by molar-refractivity contribution is -0.120. The van der Waals surface area contributed by atoms with Crippen LogP contribution in [0.4, 0.5) is 5.69 Å². The molecule has 1 saturated heterocycles. The first-order valence-electron chi connectivity index (χ1n) is 9.38. The predicted molar refractivity (Wildman–Crippen MR) is 105 cm³/mol. The van der Waals surface area contributed by atoms with Gasteiger partial charge in [0, 0.05) is 51.2 Å². The topological polar surface area (TPSA) is 39.7 Å². The summed E-state index contributed by atoms with van der Waals surface area (Å²) < 4.78 is 0. The van der Waals surface area contributed by atoms with Crippen LogP contribution in [-0.2, 0) is 11.3 Å². The van der Waals surface area contributed by atoms with Gasteiger partial charge in [-0.1, -0.05) is 24.3 Å². The van der Waals surface area contributed by atoms with Crippen LogP contribution >= 0.6 is 0 Å². The van der Waals surface area contributed by atoms with E-state index in [1.54, 1.807) is 0 Å². The highest BCUT2D eigenvalue weighted by atomic mass is 16.2. The second-order valence-electron chi connectivity index (χ2n) is 6.80. The molecule has 0 saturated carbocycles. The molecule has 0 spiro atoms. The van der Waals surface area contributed by atoms with Gasteiger partial charge in [-0.3, -0.25) is 19.6 Å². The average Bonchev–Trinajstić information content (AvgIpc) is 2.66. The third kappa shape index (κ3) is 4.68. The van der Waals surface area contributed by atoms with E-state index in [2.05, 4.69) is 33.8 Å². The molecule has 3 rings (SSSR count). The van der Waals surface area contributed by atoms with Gasteiger partial charge in [-0.15, -0.1) is 0 Å². The monoisotopic (exact) mass is 352 g/mol. The van der Waals surface area contributed by atoms with E-state index < -0.39 is 0 Å². The number of carbonyl (C=O) groups is 1. The van der Waals surface area contributed by atoms with Crippen molar-refractivity contribution >= 4 is 11.6 Å². The normalized spacial score (nSPS) is 15.8. The molecule has 0 bridgehead atoms. The number of hydrogen-bond acceptors (Lipinski definition) is 4. The fraction of sp³-hybridized carbons (Fsp3) is 0.429. The molecule has 0 atom stereocenters. The smallest absolute Gasteiger partial charge is 0.241 e. The fourth-order valence-corrected chi connectivity index (χ4v) is 3.45. The summed E-state index contributed by atoms with van der Waals surface area (Å²) >= 11 is 0. The van der Waals surface area contributed by atoms with E-state index in [1.807, 2.05) is 48.4 Å². The van der Waals surface area contributed by atoms with Crippen molar-refractivity contribution in [3.05, 3.63) is 59.9 Å². The first kappa shape index (κ1) is 18.5. The Hall–Kier alpha value is -2.24. The Morgan fingerprint density at radius 2 is 1.73 bits per heavy atom. The van der Waals surface area contributed by atoms with Crippen molar-refractivity contribution in [1.29, 1.82) is 0 Å².